The van der Waals surface area contributed by atoms with Gasteiger partial charge in [-0.25, -0.2) is 9.78 Å². The van der Waals surface area contributed by atoms with Crippen molar-refractivity contribution in [1.29, 1.82) is 0 Å². The summed E-state index contributed by atoms with van der Waals surface area (Å²) in [6, 6.07) is 21.3. The fraction of sp³-hybridized carbons (Fsp3) is 0.174. The molecule has 0 spiro atoms. The summed E-state index contributed by atoms with van der Waals surface area (Å²) in [5.74, 6) is 0. The van der Waals surface area contributed by atoms with Gasteiger partial charge < -0.3 is 0 Å². The lowest BCUT2D eigenvalue weighted by Crippen LogP contribution is -2.41. The number of fused-ring (bicyclic) bond motifs is 1. The van der Waals surface area contributed by atoms with Crippen LogP contribution in [0, 0.1) is 6.92 Å². The zero-order chi connectivity index (χ0) is 19.5. The van der Waals surface area contributed by atoms with Gasteiger partial charge in [-0.2, -0.15) is 0 Å². The molecule has 0 unspecified atom stereocenters. The van der Waals surface area contributed by atoms with E-state index in [9.17, 15) is 9.59 Å². The molecule has 4 rings (SSSR count). The topological polar surface area (TPSA) is 56.9 Å². The number of hydrogen-bond acceptors (Lipinski definition) is 3. The van der Waals surface area contributed by atoms with Gasteiger partial charge in [0.05, 0.1) is 12.1 Å². The van der Waals surface area contributed by atoms with Gasteiger partial charge in [0.2, 0.25) is 0 Å². The third kappa shape index (κ3) is 3.39. The first-order valence-electron chi connectivity index (χ1n) is 9.32. The molecule has 0 bridgehead atoms. The van der Waals surface area contributed by atoms with Gasteiger partial charge in [0.1, 0.15) is 0 Å². The molecule has 0 saturated carbocycles. The van der Waals surface area contributed by atoms with E-state index in [1.807, 2.05) is 61.5 Å². The molecule has 0 amide bonds. The fourth-order valence-corrected chi connectivity index (χ4v) is 3.44. The molecule has 0 aliphatic carbocycles. The second kappa shape index (κ2) is 7.64. The fourth-order valence-electron chi connectivity index (χ4n) is 3.44. The molecule has 0 N–H and O–H groups in total. The predicted octanol–water partition coefficient (Wildman–Crippen LogP) is 3.16. The van der Waals surface area contributed by atoms with Gasteiger partial charge in [-0.05, 0) is 42.2 Å². The largest absolute Gasteiger partial charge is 0.331 e. The van der Waals surface area contributed by atoms with Crippen molar-refractivity contribution in [3.05, 3.63) is 110 Å². The van der Waals surface area contributed by atoms with Gasteiger partial charge in [-0.15, -0.1) is 0 Å². The minimum absolute atomic E-state index is 0.301. The summed E-state index contributed by atoms with van der Waals surface area (Å²) >= 11 is 0. The Morgan fingerprint density at radius 1 is 0.857 bits per heavy atom. The molecule has 0 aliphatic rings. The van der Waals surface area contributed by atoms with Crippen LogP contribution in [0.1, 0.15) is 16.7 Å². The van der Waals surface area contributed by atoms with E-state index >= 15 is 0 Å². The molecule has 0 fully saturated rings. The first-order valence-corrected chi connectivity index (χ1v) is 9.32. The number of rotatable bonds is 5. The molecular formula is C23H21N3O2. The number of aromatic nitrogens is 3. The Bertz CT molecular complexity index is 1240. The molecule has 0 saturated heterocycles. The summed E-state index contributed by atoms with van der Waals surface area (Å²) in [5.41, 5.74) is 3.49. The monoisotopic (exact) mass is 371 g/mol. The van der Waals surface area contributed by atoms with E-state index in [4.69, 9.17) is 0 Å². The molecule has 2 heterocycles. The molecule has 0 atom stereocenters. The number of benzene rings is 2. The maximum atomic E-state index is 13.2. The minimum Gasteiger partial charge on any atom is -0.287 e. The molecule has 4 aromatic rings. The van der Waals surface area contributed by atoms with Gasteiger partial charge in [-0.1, -0.05) is 54.6 Å². The number of pyridine rings is 1. The van der Waals surface area contributed by atoms with E-state index in [0.29, 0.717) is 30.5 Å². The average Bonchev–Trinajstić information content (AvgIpc) is 2.73. The maximum absolute atomic E-state index is 13.2. The lowest BCUT2D eigenvalue weighted by molar-refractivity contribution is 0.588. The highest BCUT2D eigenvalue weighted by molar-refractivity contribution is 5.73. The number of aryl methyl sites for hydroxylation is 2. The Morgan fingerprint density at radius 2 is 1.61 bits per heavy atom. The van der Waals surface area contributed by atoms with Crippen molar-refractivity contribution in [2.45, 2.75) is 26.4 Å². The Balaban J connectivity index is 1.83. The van der Waals surface area contributed by atoms with Crippen LogP contribution in [0.2, 0.25) is 0 Å². The highest BCUT2D eigenvalue weighted by Crippen LogP contribution is 2.12. The van der Waals surface area contributed by atoms with Crippen LogP contribution in [0.3, 0.4) is 0 Å². The molecule has 28 heavy (non-hydrogen) atoms. The first-order chi connectivity index (χ1) is 13.6. The van der Waals surface area contributed by atoms with E-state index in [1.54, 1.807) is 22.9 Å². The Hall–Kier alpha value is -3.47. The molecular weight excluding hydrogens is 350 g/mol. The van der Waals surface area contributed by atoms with Crippen molar-refractivity contribution in [3.63, 3.8) is 0 Å². The van der Waals surface area contributed by atoms with Crippen LogP contribution in [0.25, 0.3) is 11.0 Å². The molecule has 2 aromatic heterocycles. The summed E-state index contributed by atoms with van der Waals surface area (Å²) in [5, 5.41) is 0. The summed E-state index contributed by atoms with van der Waals surface area (Å²) in [7, 11) is 0. The predicted molar refractivity (Wildman–Crippen MR) is 111 cm³/mol. The lowest BCUT2D eigenvalue weighted by Gasteiger charge is -2.15. The highest BCUT2D eigenvalue weighted by Gasteiger charge is 2.14. The van der Waals surface area contributed by atoms with E-state index < -0.39 is 0 Å². The van der Waals surface area contributed by atoms with Crippen molar-refractivity contribution < 1.29 is 0 Å². The summed E-state index contributed by atoms with van der Waals surface area (Å²) in [4.78, 5) is 30.4. The molecule has 2 aromatic carbocycles. The van der Waals surface area contributed by atoms with E-state index in [0.717, 1.165) is 16.7 Å². The van der Waals surface area contributed by atoms with Gasteiger partial charge in [0, 0.05) is 12.7 Å². The lowest BCUT2D eigenvalue weighted by atomic mass is 10.1. The van der Waals surface area contributed by atoms with Crippen molar-refractivity contribution >= 4 is 11.0 Å². The summed E-state index contributed by atoms with van der Waals surface area (Å²) in [6.45, 7) is 2.74. The second-order valence-corrected chi connectivity index (χ2v) is 6.86. The molecule has 140 valence electrons. The second-order valence-electron chi connectivity index (χ2n) is 6.86. The smallest absolute Gasteiger partial charge is 0.287 e. The maximum Gasteiger partial charge on any atom is 0.331 e. The molecule has 0 radical (unpaired) electrons. The SMILES string of the molecule is Cc1ccccc1Cn1c(=O)n(CCc2ccccc2)c(=O)c2ncccc21. The van der Waals surface area contributed by atoms with Crippen LogP contribution < -0.4 is 11.2 Å². The van der Waals surface area contributed by atoms with E-state index in [-0.39, 0.29) is 11.2 Å². The van der Waals surface area contributed by atoms with Crippen molar-refractivity contribution in [2.75, 3.05) is 0 Å². The van der Waals surface area contributed by atoms with Crippen LogP contribution in [0.15, 0.2) is 82.5 Å². The Morgan fingerprint density at radius 3 is 2.39 bits per heavy atom. The normalized spacial score (nSPS) is 11.0. The van der Waals surface area contributed by atoms with E-state index in [2.05, 4.69) is 4.98 Å². The number of nitrogens with zero attached hydrogens (tertiary/aromatic N) is 3. The first kappa shape index (κ1) is 17.9. The van der Waals surface area contributed by atoms with Gasteiger partial charge in [-0.3, -0.25) is 13.9 Å². The van der Waals surface area contributed by atoms with Crippen LogP contribution >= 0.6 is 0 Å². The van der Waals surface area contributed by atoms with Crippen LogP contribution in [0.5, 0.6) is 0 Å². The Kier molecular flexibility index (Phi) is 4.89. The third-order valence-corrected chi connectivity index (χ3v) is 5.04. The van der Waals surface area contributed by atoms with Gasteiger partial charge in [0.15, 0.2) is 5.52 Å². The molecule has 5 heteroatoms. The van der Waals surface area contributed by atoms with Crippen molar-refractivity contribution in [1.82, 2.24) is 14.1 Å². The minimum atomic E-state index is -0.336. The van der Waals surface area contributed by atoms with Crippen LogP contribution in [0.4, 0.5) is 0 Å². The van der Waals surface area contributed by atoms with Gasteiger partial charge >= 0.3 is 5.69 Å². The van der Waals surface area contributed by atoms with E-state index in [1.165, 1.54) is 4.57 Å². The average molecular weight is 371 g/mol. The molecule has 0 aliphatic heterocycles. The van der Waals surface area contributed by atoms with Crippen molar-refractivity contribution in [3.8, 4) is 0 Å². The molecule has 5 nitrogen and oxygen atoms in total. The van der Waals surface area contributed by atoms with Crippen molar-refractivity contribution in [2.24, 2.45) is 0 Å². The quantitative estimate of drug-likeness (QED) is 0.541. The number of hydrogen-bond donors (Lipinski definition) is 0. The Labute approximate surface area is 162 Å². The summed E-state index contributed by atoms with van der Waals surface area (Å²) in [6.07, 6.45) is 2.20. The zero-order valence-corrected chi connectivity index (χ0v) is 15.7. The van der Waals surface area contributed by atoms with Crippen LogP contribution in [-0.4, -0.2) is 14.1 Å². The highest BCUT2D eigenvalue weighted by atomic mass is 16.2. The van der Waals surface area contributed by atoms with Gasteiger partial charge in [0.25, 0.3) is 5.56 Å². The van der Waals surface area contributed by atoms with Crippen LogP contribution in [-0.2, 0) is 19.5 Å². The zero-order valence-electron chi connectivity index (χ0n) is 15.7. The summed E-state index contributed by atoms with van der Waals surface area (Å²) < 4.78 is 2.96. The standard InChI is InChI=1S/C23H21N3O2/c1-17-8-5-6-11-19(17)16-26-20-12-7-14-24-21(20)22(27)25(23(26)28)15-13-18-9-3-2-4-10-18/h2-12,14H,13,15-16H2,1H3. The third-order valence-electron chi connectivity index (χ3n) is 5.04.